The van der Waals surface area contributed by atoms with Crippen LogP contribution in [0.4, 0.5) is 11.5 Å². The van der Waals surface area contributed by atoms with E-state index in [1.807, 2.05) is 23.1 Å². The molecule has 1 N–H and O–H groups in total. The molecule has 33 heavy (non-hydrogen) atoms. The first kappa shape index (κ1) is 21.5. The molecule has 0 bridgehead atoms. The Balaban J connectivity index is 1.29. The van der Waals surface area contributed by atoms with Crippen molar-refractivity contribution >= 4 is 17.4 Å². The van der Waals surface area contributed by atoms with E-state index in [1.54, 1.807) is 6.20 Å². The van der Waals surface area contributed by atoms with Gasteiger partial charge in [-0.15, -0.1) is 0 Å². The molecule has 1 atom stereocenters. The van der Waals surface area contributed by atoms with E-state index in [1.165, 1.54) is 16.8 Å². The van der Waals surface area contributed by atoms with Crippen molar-refractivity contribution in [2.45, 2.75) is 13.0 Å². The van der Waals surface area contributed by atoms with Gasteiger partial charge in [-0.2, -0.15) is 0 Å². The first-order chi connectivity index (χ1) is 16.2. The highest BCUT2D eigenvalue weighted by molar-refractivity contribution is 5.99. The average Bonchev–Trinajstić information content (AvgIpc) is 2.89. The number of pyridine rings is 1. The molecule has 2 aliphatic heterocycles. The van der Waals surface area contributed by atoms with Crippen molar-refractivity contribution in [2.75, 3.05) is 55.6 Å². The van der Waals surface area contributed by atoms with Gasteiger partial charge < -0.3 is 20.0 Å². The van der Waals surface area contributed by atoms with Crippen LogP contribution < -0.4 is 15.1 Å². The zero-order chi connectivity index (χ0) is 22.6. The number of nitrogens with zero attached hydrogens (tertiary/aromatic N) is 4. The highest BCUT2D eigenvalue weighted by Crippen LogP contribution is 2.26. The molecule has 0 radical (unpaired) electrons. The Morgan fingerprint density at radius 3 is 2.52 bits per heavy atom. The van der Waals surface area contributed by atoms with Gasteiger partial charge in [0.05, 0.1) is 5.56 Å². The number of anilines is 2. The van der Waals surface area contributed by atoms with Crippen LogP contribution in [0.1, 0.15) is 27.5 Å². The summed E-state index contributed by atoms with van der Waals surface area (Å²) >= 11 is 0. The number of nitrogens with one attached hydrogen (secondary N) is 1. The third-order valence-electron chi connectivity index (χ3n) is 6.63. The summed E-state index contributed by atoms with van der Waals surface area (Å²) in [5, 5.41) is 3.60. The molecule has 1 aromatic heterocycles. The summed E-state index contributed by atoms with van der Waals surface area (Å²) in [5.41, 5.74) is 4.46. The van der Waals surface area contributed by atoms with E-state index in [4.69, 9.17) is 0 Å². The molecule has 3 heterocycles. The fraction of sp³-hybridized carbons (Fsp3) is 0.333. The van der Waals surface area contributed by atoms with E-state index in [-0.39, 0.29) is 11.9 Å². The second kappa shape index (κ2) is 9.63. The van der Waals surface area contributed by atoms with E-state index in [0.717, 1.165) is 51.6 Å². The Kier molecular flexibility index (Phi) is 6.26. The lowest BCUT2D eigenvalue weighted by molar-refractivity contribution is 0.0747. The van der Waals surface area contributed by atoms with Gasteiger partial charge in [0.25, 0.3) is 5.91 Å². The van der Waals surface area contributed by atoms with Gasteiger partial charge in [0.15, 0.2) is 0 Å². The number of piperazine rings is 2. The highest BCUT2D eigenvalue weighted by atomic mass is 16.2. The number of carbonyl (C=O) groups is 1. The Morgan fingerprint density at radius 1 is 0.909 bits per heavy atom. The van der Waals surface area contributed by atoms with Crippen molar-refractivity contribution in [3.8, 4) is 0 Å². The highest BCUT2D eigenvalue weighted by Gasteiger charge is 2.28. The van der Waals surface area contributed by atoms with Crippen molar-refractivity contribution in [1.82, 2.24) is 15.2 Å². The molecule has 1 unspecified atom stereocenters. The molecule has 5 rings (SSSR count). The van der Waals surface area contributed by atoms with Gasteiger partial charge in [0.2, 0.25) is 0 Å². The van der Waals surface area contributed by atoms with Gasteiger partial charge in [-0.25, -0.2) is 4.98 Å². The van der Waals surface area contributed by atoms with Gasteiger partial charge in [0, 0.05) is 63.7 Å². The number of hydrogen-bond acceptors (Lipinski definition) is 5. The van der Waals surface area contributed by atoms with E-state index in [9.17, 15) is 4.79 Å². The molecule has 2 aliphatic rings. The quantitative estimate of drug-likeness (QED) is 0.672. The molecule has 6 heteroatoms. The Labute approximate surface area is 195 Å². The standard InChI is InChI=1S/C27H31N5O/c1-21-7-5-10-23(19-21)30-15-17-31(18-16-30)27(33)24-11-6-12-29-26(24)32-14-13-28-25(20-32)22-8-3-2-4-9-22/h2-12,19,25,28H,13-18,20H2,1H3. The zero-order valence-electron chi connectivity index (χ0n) is 19.2. The molecule has 0 spiro atoms. The summed E-state index contributed by atoms with van der Waals surface area (Å²) in [6.45, 7) is 7.72. The first-order valence-corrected chi connectivity index (χ1v) is 11.8. The van der Waals surface area contributed by atoms with E-state index < -0.39 is 0 Å². The SMILES string of the molecule is Cc1cccc(N2CCN(C(=O)c3cccnc3N3CCNC(c4ccccc4)C3)CC2)c1. The summed E-state index contributed by atoms with van der Waals surface area (Å²) in [4.78, 5) is 24.8. The second-order valence-corrected chi connectivity index (χ2v) is 8.86. The molecule has 170 valence electrons. The number of rotatable bonds is 4. The third-order valence-corrected chi connectivity index (χ3v) is 6.63. The summed E-state index contributed by atoms with van der Waals surface area (Å²) in [6.07, 6.45) is 1.79. The van der Waals surface area contributed by atoms with Gasteiger partial charge >= 0.3 is 0 Å². The largest absolute Gasteiger partial charge is 0.368 e. The molecule has 0 aliphatic carbocycles. The molecule has 2 fully saturated rings. The Hall–Kier alpha value is -3.38. The van der Waals surface area contributed by atoms with Crippen LogP contribution >= 0.6 is 0 Å². The molecular formula is C27H31N5O. The smallest absolute Gasteiger partial charge is 0.257 e. The molecule has 1 amide bonds. The van der Waals surface area contributed by atoms with Gasteiger partial charge in [-0.1, -0.05) is 42.5 Å². The van der Waals surface area contributed by atoms with E-state index in [0.29, 0.717) is 5.56 Å². The topological polar surface area (TPSA) is 51.7 Å². The minimum atomic E-state index is 0.0804. The minimum absolute atomic E-state index is 0.0804. The van der Waals surface area contributed by atoms with Crippen molar-refractivity contribution in [3.05, 3.63) is 89.6 Å². The van der Waals surface area contributed by atoms with Crippen molar-refractivity contribution in [3.63, 3.8) is 0 Å². The monoisotopic (exact) mass is 441 g/mol. The zero-order valence-corrected chi connectivity index (χ0v) is 19.2. The van der Waals surface area contributed by atoms with Crippen LogP contribution in [-0.2, 0) is 0 Å². The molecule has 2 aromatic carbocycles. The van der Waals surface area contributed by atoms with Crippen LogP contribution in [0.15, 0.2) is 72.9 Å². The third kappa shape index (κ3) is 4.71. The van der Waals surface area contributed by atoms with Crippen LogP contribution in [0.25, 0.3) is 0 Å². The predicted molar refractivity (Wildman–Crippen MR) is 133 cm³/mol. The second-order valence-electron chi connectivity index (χ2n) is 8.86. The number of carbonyl (C=O) groups excluding carboxylic acids is 1. The van der Waals surface area contributed by atoms with Crippen LogP contribution in [0, 0.1) is 6.92 Å². The van der Waals surface area contributed by atoms with Crippen molar-refractivity contribution in [2.24, 2.45) is 0 Å². The lowest BCUT2D eigenvalue weighted by Gasteiger charge is -2.38. The maximum absolute atomic E-state index is 13.5. The summed E-state index contributed by atoms with van der Waals surface area (Å²) in [7, 11) is 0. The summed E-state index contributed by atoms with van der Waals surface area (Å²) in [5.74, 6) is 0.878. The molecule has 6 nitrogen and oxygen atoms in total. The normalized spacial score (nSPS) is 18.9. The number of hydrogen-bond donors (Lipinski definition) is 1. The Bertz CT molecular complexity index is 1090. The number of aryl methyl sites for hydroxylation is 1. The maximum atomic E-state index is 13.5. The fourth-order valence-electron chi connectivity index (χ4n) is 4.83. The predicted octanol–water partition coefficient (Wildman–Crippen LogP) is 3.50. The van der Waals surface area contributed by atoms with Crippen molar-refractivity contribution in [1.29, 1.82) is 0 Å². The first-order valence-electron chi connectivity index (χ1n) is 11.8. The lowest BCUT2D eigenvalue weighted by Crippen LogP contribution is -2.50. The van der Waals surface area contributed by atoms with Crippen LogP contribution in [-0.4, -0.2) is 61.6 Å². The minimum Gasteiger partial charge on any atom is -0.368 e. The lowest BCUT2D eigenvalue weighted by atomic mass is 10.0. The number of amides is 1. The molecular weight excluding hydrogens is 410 g/mol. The van der Waals surface area contributed by atoms with Crippen LogP contribution in [0.5, 0.6) is 0 Å². The molecule has 0 saturated carbocycles. The van der Waals surface area contributed by atoms with Gasteiger partial charge in [-0.3, -0.25) is 4.79 Å². The van der Waals surface area contributed by atoms with Gasteiger partial charge in [0.1, 0.15) is 5.82 Å². The molecule has 2 saturated heterocycles. The fourth-order valence-corrected chi connectivity index (χ4v) is 4.83. The number of benzene rings is 2. The molecule has 3 aromatic rings. The van der Waals surface area contributed by atoms with E-state index >= 15 is 0 Å². The maximum Gasteiger partial charge on any atom is 0.257 e. The number of aromatic nitrogens is 1. The van der Waals surface area contributed by atoms with Crippen LogP contribution in [0.3, 0.4) is 0 Å². The van der Waals surface area contributed by atoms with E-state index in [2.05, 4.69) is 75.6 Å². The van der Waals surface area contributed by atoms with Crippen LogP contribution in [0.2, 0.25) is 0 Å². The Morgan fingerprint density at radius 2 is 1.73 bits per heavy atom. The summed E-state index contributed by atoms with van der Waals surface area (Å²) < 4.78 is 0. The summed E-state index contributed by atoms with van der Waals surface area (Å²) in [6, 6.07) is 23.1. The van der Waals surface area contributed by atoms with Crippen molar-refractivity contribution < 1.29 is 4.79 Å². The van der Waals surface area contributed by atoms with Gasteiger partial charge in [-0.05, 0) is 42.3 Å². The average molecular weight is 442 g/mol.